The lowest BCUT2D eigenvalue weighted by Gasteiger charge is -2.12. The van der Waals surface area contributed by atoms with Crippen molar-refractivity contribution in [3.05, 3.63) is 42.5 Å². The molecule has 0 bridgehead atoms. The molecule has 0 fully saturated rings. The molecule has 0 aromatic heterocycles. The Morgan fingerprint density at radius 1 is 0.778 bits per heavy atom. The molecule has 3 aromatic rings. The molecule has 3 aromatic carbocycles. The summed E-state index contributed by atoms with van der Waals surface area (Å²) in [5, 5.41) is 10.6. The summed E-state index contributed by atoms with van der Waals surface area (Å²) >= 11 is 0. The summed E-state index contributed by atoms with van der Waals surface area (Å²) in [6, 6.07) is 9.21. The minimum absolute atomic E-state index is 0.116. The van der Waals surface area contributed by atoms with Crippen LogP contribution in [-0.2, 0) is 20.2 Å². The number of nitrogen functional groups attached to an aromatic ring is 2. The maximum atomic E-state index is 11.7. The predicted molar refractivity (Wildman–Crippen MR) is 99.5 cm³/mol. The van der Waals surface area contributed by atoms with Crippen LogP contribution in [-0.4, -0.2) is 31.0 Å². The number of hydrogen-bond donors (Lipinski definition) is 5. The number of benzene rings is 3. The number of phenols is 1. The molecule has 0 heterocycles. The number of nitrogens with two attached hydrogens (primary N) is 2. The molecule has 0 radical (unpaired) electrons. The minimum Gasteiger partial charge on any atom is -0.505 e. The average Bonchev–Trinajstić information content (AvgIpc) is 2.56. The normalized spacial score (nSPS) is 12.4. The number of anilines is 2. The summed E-state index contributed by atoms with van der Waals surface area (Å²) in [5.74, 6) is -0.592. The van der Waals surface area contributed by atoms with Gasteiger partial charge in [-0.2, -0.15) is 16.8 Å². The molecule has 0 saturated carbocycles. The molecule has 0 saturated heterocycles. The van der Waals surface area contributed by atoms with E-state index in [-0.39, 0.29) is 22.0 Å². The first-order valence-corrected chi connectivity index (χ1v) is 10.2. The van der Waals surface area contributed by atoms with E-state index in [4.69, 9.17) is 11.5 Å². The first kappa shape index (κ1) is 18.9. The van der Waals surface area contributed by atoms with Crippen LogP contribution in [0.25, 0.3) is 21.9 Å². The molecule has 27 heavy (non-hydrogen) atoms. The van der Waals surface area contributed by atoms with Gasteiger partial charge in [0.15, 0.2) is 0 Å². The number of rotatable bonds is 3. The van der Waals surface area contributed by atoms with Crippen molar-refractivity contribution in [2.75, 3.05) is 11.5 Å². The summed E-state index contributed by atoms with van der Waals surface area (Å²) in [7, 11) is -9.23. The summed E-state index contributed by atoms with van der Waals surface area (Å²) in [4.78, 5) is -1.07. The molecular weight excluding hydrogens is 396 g/mol. The Morgan fingerprint density at radius 2 is 1.41 bits per heavy atom. The van der Waals surface area contributed by atoms with Crippen molar-refractivity contribution in [1.29, 1.82) is 0 Å². The van der Waals surface area contributed by atoms with Crippen molar-refractivity contribution in [2.45, 2.75) is 9.79 Å². The topological polar surface area (TPSA) is 181 Å². The SMILES string of the molecule is Nc1ccc(-c2ccc3cc(S(=O)(=O)O)c(N)c(O)c3c2)c(S(=O)(=O)O)c1. The van der Waals surface area contributed by atoms with E-state index in [1.54, 1.807) is 0 Å². The Balaban J connectivity index is 2.33. The molecule has 0 unspecified atom stereocenters. The average molecular weight is 410 g/mol. The van der Waals surface area contributed by atoms with E-state index in [9.17, 15) is 31.0 Å². The molecule has 142 valence electrons. The lowest BCUT2D eigenvalue weighted by atomic mass is 10.00. The van der Waals surface area contributed by atoms with E-state index < -0.39 is 41.5 Å². The van der Waals surface area contributed by atoms with Crippen LogP contribution in [0.2, 0.25) is 0 Å². The zero-order chi connectivity index (χ0) is 20.1. The van der Waals surface area contributed by atoms with E-state index in [0.717, 1.165) is 12.1 Å². The highest BCUT2D eigenvalue weighted by atomic mass is 32.2. The zero-order valence-corrected chi connectivity index (χ0v) is 15.1. The van der Waals surface area contributed by atoms with Gasteiger partial charge < -0.3 is 16.6 Å². The predicted octanol–water partition coefficient (Wildman–Crippen LogP) is 1.87. The Bertz CT molecular complexity index is 1300. The van der Waals surface area contributed by atoms with Crippen LogP contribution in [0.3, 0.4) is 0 Å². The molecule has 3 rings (SSSR count). The molecule has 11 heteroatoms. The van der Waals surface area contributed by atoms with Crippen molar-refractivity contribution in [3.8, 4) is 16.9 Å². The van der Waals surface area contributed by atoms with Gasteiger partial charge in [0.2, 0.25) is 0 Å². The quantitative estimate of drug-likeness (QED) is 0.244. The molecule has 0 atom stereocenters. The van der Waals surface area contributed by atoms with Gasteiger partial charge in [-0.25, -0.2) is 0 Å². The van der Waals surface area contributed by atoms with Crippen molar-refractivity contribution in [3.63, 3.8) is 0 Å². The Kier molecular flexibility index (Phi) is 4.27. The first-order chi connectivity index (χ1) is 12.4. The van der Waals surface area contributed by atoms with Gasteiger partial charge in [-0.1, -0.05) is 18.2 Å². The van der Waals surface area contributed by atoms with E-state index in [1.165, 1.54) is 30.3 Å². The van der Waals surface area contributed by atoms with Crippen LogP contribution in [0.1, 0.15) is 0 Å². The van der Waals surface area contributed by atoms with Crippen molar-refractivity contribution in [1.82, 2.24) is 0 Å². The molecule has 0 aliphatic carbocycles. The summed E-state index contributed by atoms with van der Waals surface area (Å²) in [5.41, 5.74) is 11.2. The maximum absolute atomic E-state index is 11.7. The highest BCUT2D eigenvalue weighted by molar-refractivity contribution is 7.86. The van der Waals surface area contributed by atoms with E-state index in [2.05, 4.69) is 0 Å². The van der Waals surface area contributed by atoms with Crippen LogP contribution in [0.4, 0.5) is 11.4 Å². The third-order valence-corrected chi connectivity index (χ3v) is 5.78. The Labute approximate surface area is 154 Å². The van der Waals surface area contributed by atoms with Gasteiger partial charge in [0.05, 0.1) is 5.69 Å². The second-order valence-electron chi connectivity index (χ2n) is 5.78. The second kappa shape index (κ2) is 6.09. The third-order valence-electron chi connectivity index (χ3n) is 3.99. The van der Waals surface area contributed by atoms with Crippen LogP contribution < -0.4 is 11.5 Å². The van der Waals surface area contributed by atoms with Gasteiger partial charge in [-0.15, -0.1) is 0 Å². The first-order valence-electron chi connectivity index (χ1n) is 7.29. The van der Waals surface area contributed by atoms with Crippen LogP contribution in [0.5, 0.6) is 5.75 Å². The number of hydrogen-bond acceptors (Lipinski definition) is 7. The number of aromatic hydroxyl groups is 1. The molecule has 9 nitrogen and oxygen atoms in total. The standard InChI is InChI=1S/C16H14N2O7S2/c17-10-3-4-11(13(7-10)26(20,21)22)8-1-2-9-6-14(27(23,24)25)15(18)16(19)12(9)5-8/h1-7,19H,17-18H2,(H,20,21,22)(H,23,24,25). The molecule has 7 N–H and O–H groups in total. The summed E-state index contributed by atoms with van der Waals surface area (Å²) in [6.45, 7) is 0. The fraction of sp³-hybridized carbons (Fsp3) is 0. The maximum Gasteiger partial charge on any atom is 0.296 e. The fourth-order valence-corrected chi connectivity index (χ4v) is 4.14. The van der Waals surface area contributed by atoms with Crippen molar-refractivity contribution >= 4 is 42.4 Å². The molecule has 0 amide bonds. The van der Waals surface area contributed by atoms with E-state index in [1.807, 2.05) is 0 Å². The third kappa shape index (κ3) is 3.40. The molecule has 0 aliphatic heterocycles. The van der Waals surface area contributed by atoms with Gasteiger partial charge in [-0.3, -0.25) is 9.11 Å². The molecule has 0 aliphatic rings. The number of phenolic OH excluding ortho intramolecular Hbond substituents is 1. The van der Waals surface area contributed by atoms with Gasteiger partial charge in [0, 0.05) is 16.6 Å². The van der Waals surface area contributed by atoms with Gasteiger partial charge in [0.25, 0.3) is 20.2 Å². The summed E-state index contributed by atoms with van der Waals surface area (Å²) < 4.78 is 64.7. The van der Waals surface area contributed by atoms with Crippen molar-refractivity contribution in [2.24, 2.45) is 0 Å². The lowest BCUT2D eigenvalue weighted by Crippen LogP contribution is -2.04. The van der Waals surface area contributed by atoms with Crippen LogP contribution in [0, 0.1) is 0 Å². The smallest absolute Gasteiger partial charge is 0.296 e. The second-order valence-corrected chi connectivity index (χ2v) is 8.56. The monoisotopic (exact) mass is 410 g/mol. The highest BCUT2D eigenvalue weighted by Gasteiger charge is 2.21. The van der Waals surface area contributed by atoms with Crippen LogP contribution >= 0.6 is 0 Å². The Morgan fingerprint density at radius 3 is 2.00 bits per heavy atom. The molecule has 0 spiro atoms. The highest BCUT2D eigenvalue weighted by Crippen LogP contribution is 2.39. The largest absolute Gasteiger partial charge is 0.505 e. The zero-order valence-electron chi connectivity index (χ0n) is 13.5. The van der Waals surface area contributed by atoms with Gasteiger partial charge in [0.1, 0.15) is 15.5 Å². The fourth-order valence-electron chi connectivity index (χ4n) is 2.74. The van der Waals surface area contributed by atoms with E-state index >= 15 is 0 Å². The Hall–Kier alpha value is -2.86. The molecular formula is C16H14N2O7S2. The van der Waals surface area contributed by atoms with Gasteiger partial charge >= 0.3 is 0 Å². The number of fused-ring (bicyclic) bond motifs is 1. The summed E-state index contributed by atoms with van der Waals surface area (Å²) in [6.07, 6.45) is 0. The van der Waals surface area contributed by atoms with Gasteiger partial charge in [-0.05, 0) is 35.2 Å². The van der Waals surface area contributed by atoms with Crippen LogP contribution in [0.15, 0.2) is 52.3 Å². The van der Waals surface area contributed by atoms with Crippen molar-refractivity contribution < 1.29 is 31.0 Å². The van der Waals surface area contributed by atoms with E-state index in [0.29, 0.717) is 5.56 Å². The lowest BCUT2D eigenvalue weighted by molar-refractivity contribution is 0.473. The minimum atomic E-state index is -4.65.